The highest BCUT2D eigenvalue weighted by Crippen LogP contribution is 2.24. The Morgan fingerprint density at radius 3 is 2.44 bits per heavy atom. The van der Waals surface area contributed by atoms with Crippen molar-refractivity contribution in [3.05, 3.63) is 65.6 Å². The van der Waals surface area contributed by atoms with Crippen LogP contribution in [0.4, 0.5) is 10.1 Å². The summed E-state index contributed by atoms with van der Waals surface area (Å²) < 4.78 is 19.8. The van der Waals surface area contributed by atoms with Gasteiger partial charge in [0.05, 0.1) is 23.3 Å². The molecule has 0 aliphatic rings. The zero-order valence-electron chi connectivity index (χ0n) is 14.8. The van der Waals surface area contributed by atoms with Crippen molar-refractivity contribution in [2.45, 2.75) is 13.8 Å². The van der Waals surface area contributed by atoms with Gasteiger partial charge in [-0.05, 0) is 49.4 Å². The van der Waals surface area contributed by atoms with Crippen molar-refractivity contribution in [3.8, 4) is 0 Å². The first-order valence-corrected chi connectivity index (χ1v) is 8.30. The number of nitrogens with zero attached hydrogens (tertiary/aromatic N) is 1. The first-order valence-electron chi connectivity index (χ1n) is 8.30. The summed E-state index contributed by atoms with van der Waals surface area (Å²) in [5.41, 5.74) is 1.44. The van der Waals surface area contributed by atoms with Gasteiger partial charge < -0.3 is 10.1 Å². The molecule has 0 unspecified atom stereocenters. The summed E-state index contributed by atoms with van der Waals surface area (Å²) in [6.45, 7) is 3.35. The number of halogens is 1. The van der Waals surface area contributed by atoms with E-state index in [4.69, 9.17) is 4.74 Å². The largest absolute Gasteiger partial charge is 0.462 e. The molecule has 0 aliphatic heterocycles. The van der Waals surface area contributed by atoms with E-state index in [2.05, 4.69) is 5.32 Å². The van der Waals surface area contributed by atoms with Gasteiger partial charge in [0.2, 0.25) is 5.91 Å². The minimum atomic E-state index is -0.503. The van der Waals surface area contributed by atoms with Crippen molar-refractivity contribution in [1.29, 1.82) is 0 Å². The molecule has 27 heavy (non-hydrogen) atoms. The standard InChI is InChI=1S/C20H17FN2O4/c1-3-27-20(26)13-4-7-15(8-5-13)22-19(25)17-11-23(12(2)24)18-9-6-14(21)10-16(17)18/h4-11H,3H2,1-2H3,(H,22,25). The number of hydrogen-bond acceptors (Lipinski definition) is 4. The number of esters is 1. The molecule has 0 bridgehead atoms. The third kappa shape index (κ3) is 3.72. The van der Waals surface area contributed by atoms with Gasteiger partial charge in [0.25, 0.3) is 5.91 Å². The molecule has 7 heteroatoms. The highest BCUT2D eigenvalue weighted by molar-refractivity contribution is 6.14. The highest BCUT2D eigenvalue weighted by Gasteiger charge is 2.18. The van der Waals surface area contributed by atoms with E-state index in [1.54, 1.807) is 19.1 Å². The van der Waals surface area contributed by atoms with E-state index in [-0.39, 0.29) is 18.1 Å². The second kappa shape index (κ2) is 7.41. The number of nitrogens with one attached hydrogen (secondary N) is 1. The van der Waals surface area contributed by atoms with E-state index < -0.39 is 17.7 Å². The van der Waals surface area contributed by atoms with Gasteiger partial charge in [0.1, 0.15) is 5.82 Å². The molecule has 0 saturated carbocycles. The van der Waals surface area contributed by atoms with Gasteiger partial charge in [-0.15, -0.1) is 0 Å². The lowest BCUT2D eigenvalue weighted by Gasteiger charge is -2.06. The summed E-state index contributed by atoms with van der Waals surface area (Å²) in [7, 11) is 0. The van der Waals surface area contributed by atoms with Crippen molar-refractivity contribution >= 4 is 34.4 Å². The van der Waals surface area contributed by atoms with Crippen LogP contribution in [0.25, 0.3) is 10.9 Å². The molecular weight excluding hydrogens is 351 g/mol. The van der Waals surface area contributed by atoms with Crippen LogP contribution in [-0.2, 0) is 4.74 Å². The molecule has 6 nitrogen and oxygen atoms in total. The third-order valence-corrected chi connectivity index (χ3v) is 4.00. The van der Waals surface area contributed by atoms with Gasteiger partial charge in [-0.25, -0.2) is 9.18 Å². The second-order valence-corrected chi connectivity index (χ2v) is 5.85. The van der Waals surface area contributed by atoms with Crippen molar-refractivity contribution in [3.63, 3.8) is 0 Å². The minimum absolute atomic E-state index is 0.175. The molecule has 1 N–H and O–H groups in total. The van der Waals surface area contributed by atoms with Gasteiger partial charge in [-0.1, -0.05) is 0 Å². The third-order valence-electron chi connectivity index (χ3n) is 4.00. The number of fused-ring (bicyclic) bond motifs is 1. The smallest absolute Gasteiger partial charge is 0.338 e. The highest BCUT2D eigenvalue weighted by atomic mass is 19.1. The maximum absolute atomic E-state index is 13.6. The predicted octanol–water partition coefficient (Wildman–Crippen LogP) is 3.87. The van der Waals surface area contributed by atoms with Crippen LogP contribution in [0.3, 0.4) is 0 Å². The lowest BCUT2D eigenvalue weighted by molar-refractivity contribution is 0.0526. The van der Waals surface area contributed by atoms with Gasteiger partial charge >= 0.3 is 5.97 Å². The molecule has 1 heterocycles. The molecule has 2 aromatic carbocycles. The Labute approximate surface area is 154 Å². The molecular formula is C20H17FN2O4. The number of hydrogen-bond donors (Lipinski definition) is 1. The molecule has 3 aromatic rings. The molecule has 1 aromatic heterocycles. The normalized spacial score (nSPS) is 10.6. The first-order chi connectivity index (χ1) is 12.9. The molecule has 0 radical (unpaired) electrons. The topological polar surface area (TPSA) is 77.4 Å². The van der Waals surface area contributed by atoms with Crippen molar-refractivity contribution in [1.82, 2.24) is 4.57 Å². The molecule has 138 valence electrons. The van der Waals surface area contributed by atoms with E-state index in [9.17, 15) is 18.8 Å². The van der Waals surface area contributed by atoms with Crippen molar-refractivity contribution in [2.75, 3.05) is 11.9 Å². The molecule has 3 rings (SSSR count). The van der Waals surface area contributed by atoms with Gasteiger partial charge in [-0.2, -0.15) is 0 Å². The van der Waals surface area contributed by atoms with E-state index in [1.807, 2.05) is 0 Å². The van der Waals surface area contributed by atoms with Crippen molar-refractivity contribution < 1.29 is 23.5 Å². The summed E-state index contributed by atoms with van der Waals surface area (Å²) in [6.07, 6.45) is 1.38. The Morgan fingerprint density at radius 2 is 1.81 bits per heavy atom. The van der Waals surface area contributed by atoms with Gasteiger partial charge in [-0.3, -0.25) is 14.2 Å². The average Bonchev–Trinajstić information content (AvgIpc) is 3.01. The van der Waals surface area contributed by atoms with Crippen LogP contribution in [0, 0.1) is 5.82 Å². The van der Waals surface area contributed by atoms with Crippen LogP contribution >= 0.6 is 0 Å². The molecule has 0 spiro atoms. The quantitative estimate of drug-likeness (QED) is 0.709. The Bertz CT molecular complexity index is 1040. The Kier molecular flexibility index (Phi) is 5.03. The van der Waals surface area contributed by atoms with Crippen molar-refractivity contribution in [2.24, 2.45) is 0 Å². The molecule has 1 amide bonds. The zero-order chi connectivity index (χ0) is 19.6. The lowest BCUT2D eigenvalue weighted by Crippen LogP contribution is -2.12. The Morgan fingerprint density at radius 1 is 1.11 bits per heavy atom. The summed E-state index contributed by atoms with van der Waals surface area (Å²) in [6, 6.07) is 10.1. The van der Waals surface area contributed by atoms with Crippen LogP contribution in [0.1, 0.15) is 39.4 Å². The average molecular weight is 368 g/mol. The molecule has 0 fully saturated rings. The van der Waals surface area contributed by atoms with E-state index in [0.717, 1.165) is 0 Å². The number of ether oxygens (including phenoxy) is 1. The fourth-order valence-corrected chi connectivity index (χ4v) is 2.75. The van der Waals surface area contributed by atoms with E-state index >= 15 is 0 Å². The Balaban J connectivity index is 1.89. The van der Waals surface area contributed by atoms with Gasteiger partial charge in [0, 0.05) is 24.2 Å². The summed E-state index contributed by atoms with van der Waals surface area (Å²) in [5, 5.41) is 3.02. The number of anilines is 1. The second-order valence-electron chi connectivity index (χ2n) is 5.85. The maximum atomic E-state index is 13.6. The zero-order valence-corrected chi connectivity index (χ0v) is 14.8. The number of rotatable bonds is 4. The lowest BCUT2D eigenvalue weighted by atomic mass is 10.1. The van der Waals surface area contributed by atoms with E-state index in [0.29, 0.717) is 22.2 Å². The van der Waals surface area contributed by atoms with Crippen LogP contribution < -0.4 is 5.32 Å². The SMILES string of the molecule is CCOC(=O)c1ccc(NC(=O)c2cn(C(C)=O)c3ccc(F)cc23)cc1. The van der Waals surface area contributed by atoms with E-state index in [1.165, 1.54) is 48.0 Å². The Hall–Kier alpha value is -3.48. The predicted molar refractivity (Wildman–Crippen MR) is 98.5 cm³/mol. The summed E-state index contributed by atoms with van der Waals surface area (Å²) in [4.78, 5) is 36.1. The molecule has 0 saturated heterocycles. The summed E-state index contributed by atoms with van der Waals surface area (Å²) in [5.74, 6) is -1.73. The molecule has 0 atom stereocenters. The fraction of sp³-hybridized carbons (Fsp3) is 0.150. The number of aromatic nitrogens is 1. The number of amides is 1. The molecule has 0 aliphatic carbocycles. The number of carbonyl (C=O) groups excluding carboxylic acids is 3. The summed E-state index contributed by atoms with van der Waals surface area (Å²) >= 11 is 0. The van der Waals surface area contributed by atoms with Crippen LogP contribution in [0.2, 0.25) is 0 Å². The van der Waals surface area contributed by atoms with Gasteiger partial charge in [0.15, 0.2) is 0 Å². The van der Waals surface area contributed by atoms with Crippen LogP contribution in [0.5, 0.6) is 0 Å². The fourth-order valence-electron chi connectivity index (χ4n) is 2.75. The maximum Gasteiger partial charge on any atom is 0.338 e. The number of benzene rings is 2. The number of carbonyl (C=O) groups is 3. The van der Waals surface area contributed by atoms with Crippen LogP contribution in [0.15, 0.2) is 48.7 Å². The first kappa shape index (κ1) is 18.3. The monoisotopic (exact) mass is 368 g/mol. The van der Waals surface area contributed by atoms with Crippen LogP contribution in [-0.4, -0.2) is 29.0 Å². The minimum Gasteiger partial charge on any atom is -0.462 e.